The summed E-state index contributed by atoms with van der Waals surface area (Å²) >= 11 is 0. The lowest BCUT2D eigenvalue weighted by molar-refractivity contribution is 0.582. The molecule has 0 radical (unpaired) electrons. The Balaban J connectivity index is 2.17. The second-order valence-corrected chi connectivity index (χ2v) is 4.05. The third kappa shape index (κ3) is 1.35. The summed E-state index contributed by atoms with van der Waals surface area (Å²) in [5.74, 6) is 1.85. The number of hydrogen-bond acceptors (Lipinski definition) is 0. The predicted molar refractivity (Wildman–Crippen MR) is 53.0 cm³/mol. The third-order valence-electron chi connectivity index (χ3n) is 3.41. The van der Waals surface area contributed by atoms with Crippen LogP contribution in [0.1, 0.15) is 39.0 Å². The summed E-state index contributed by atoms with van der Waals surface area (Å²) in [6, 6.07) is 0. The van der Waals surface area contributed by atoms with Crippen molar-refractivity contribution in [2.75, 3.05) is 0 Å². The van der Waals surface area contributed by atoms with Gasteiger partial charge in [0.1, 0.15) is 0 Å². The van der Waals surface area contributed by atoms with Crippen molar-refractivity contribution in [3.05, 3.63) is 23.8 Å². The Kier molecular flexibility index (Phi) is 2.34. The molecule has 2 unspecified atom stereocenters. The molecular weight excluding hydrogens is 144 g/mol. The van der Waals surface area contributed by atoms with Crippen LogP contribution < -0.4 is 0 Å². The highest BCUT2D eigenvalue weighted by Gasteiger charge is 2.28. The monoisotopic (exact) mass is 162 g/mol. The van der Waals surface area contributed by atoms with Crippen molar-refractivity contribution in [2.45, 2.75) is 39.0 Å². The van der Waals surface area contributed by atoms with Gasteiger partial charge >= 0.3 is 0 Å². The van der Waals surface area contributed by atoms with Crippen molar-refractivity contribution in [1.82, 2.24) is 0 Å². The van der Waals surface area contributed by atoms with E-state index >= 15 is 0 Å². The van der Waals surface area contributed by atoms with Gasteiger partial charge in [0.25, 0.3) is 0 Å². The minimum Gasteiger partial charge on any atom is -0.0845 e. The van der Waals surface area contributed by atoms with Crippen molar-refractivity contribution >= 4 is 0 Å². The van der Waals surface area contributed by atoms with Gasteiger partial charge < -0.3 is 0 Å². The standard InChI is InChI=1S/C12H18/c1-2-10-8-9-11-6-4-3-5-7-12(10)11/h3,5,7,10-11H,2,4,6,8-9H2,1H3. The zero-order valence-electron chi connectivity index (χ0n) is 7.92. The number of fused-ring (bicyclic) bond motifs is 1. The number of rotatable bonds is 1. The molecule has 0 aliphatic heterocycles. The predicted octanol–water partition coefficient (Wildman–Crippen LogP) is 3.70. The topological polar surface area (TPSA) is 0 Å². The zero-order chi connectivity index (χ0) is 8.39. The third-order valence-corrected chi connectivity index (χ3v) is 3.41. The van der Waals surface area contributed by atoms with E-state index in [1.54, 1.807) is 5.57 Å². The van der Waals surface area contributed by atoms with E-state index in [0.29, 0.717) is 0 Å². The second-order valence-electron chi connectivity index (χ2n) is 4.05. The molecule has 0 aromatic heterocycles. The fourth-order valence-corrected chi connectivity index (χ4v) is 2.66. The first-order chi connectivity index (χ1) is 5.92. The fraction of sp³-hybridized carbons (Fsp3) is 0.667. The smallest absolute Gasteiger partial charge is 0.0194 e. The van der Waals surface area contributed by atoms with Gasteiger partial charge in [0.2, 0.25) is 0 Å². The summed E-state index contributed by atoms with van der Waals surface area (Å²) in [6.45, 7) is 2.32. The van der Waals surface area contributed by atoms with Crippen molar-refractivity contribution in [3.63, 3.8) is 0 Å². The highest BCUT2D eigenvalue weighted by molar-refractivity contribution is 5.23. The maximum atomic E-state index is 2.39. The lowest BCUT2D eigenvalue weighted by Gasteiger charge is -2.12. The molecule has 2 aliphatic rings. The lowest BCUT2D eigenvalue weighted by Crippen LogP contribution is -2.00. The maximum Gasteiger partial charge on any atom is -0.0194 e. The van der Waals surface area contributed by atoms with Gasteiger partial charge in [-0.05, 0) is 43.9 Å². The zero-order valence-corrected chi connectivity index (χ0v) is 7.92. The Labute approximate surface area is 75.4 Å². The van der Waals surface area contributed by atoms with Crippen LogP contribution in [-0.4, -0.2) is 0 Å². The number of allylic oxidation sites excluding steroid dienone is 4. The average Bonchev–Trinajstić information content (AvgIpc) is 2.33. The summed E-state index contributed by atoms with van der Waals surface area (Å²) in [5, 5.41) is 0. The molecule has 0 amide bonds. The van der Waals surface area contributed by atoms with Gasteiger partial charge in [0, 0.05) is 0 Å². The van der Waals surface area contributed by atoms with Crippen LogP contribution in [0.15, 0.2) is 23.8 Å². The summed E-state index contributed by atoms with van der Waals surface area (Å²) in [5.41, 5.74) is 1.76. The van der Waals surface area contributed by atoms with Crippen LogP contribution >= 0.6 is 0 Å². The Morgan fingerprint density at radius 3 is 3.08 bits per heavy atom. The molecule has 0 aromatic rings. The minimum absolute atomic E-state index is 0.915. The molecule has 1 saturated carbocycles. The quantitative estimate of drug-likeness (QED) is 0.551. The van der Waals surface area contributed by atoms with Crippen LogP contribution in [0.4, 0.5) is 0 Å². The molecule has 1 fully saturated rings. The Morgan fingerprint density at radius 1 is 1.33 bits per heavy atom. The van der Waals surface area contributed by atoms with Crippen LogP contribution in [0.3, 0.4) is 0 Å². The van der Waals surface area contributed by atoms with Crippen LogP contribution in [0.5, 0.6) is 0 Å². The molecule has 0 nitrogen and oxygen atoms in total. The van der Waals surface area contributed by atoms with E-state index in [1.807, 2.05) is 0 Å². The Morgan fingerprint density at radius 2 is 2.25 bits per heavy atom. The second kappa shape index (κ2) is 3.47. The summed E-state index contributed by atoms with van der Waals surface area (Å²) in [6.07, 6.45) is 13.9. The van der Waals surface area contributed by atoms with Gasteiger partial charge in [0.15, 0.2) is 0 Å². The summed E-state index contributed by atoms with van der Waals surface area (Å²) in [7, 11) is 0. The molecular formula is C12H18. The molecule has 0 saturated heterocycles. The normalized spacial score (nSPS) is 34.2. The molecule has 0 heterocycles. The van der Waals surface area contributed by atoms with Crippen LogP contribution in [0, 0.1) is 11.8 Å². The van der Waals surface area contributed by atoms with Gasteiger partial charge in [-0.15, -0.1) is 0 Å². The van der Waals surface area contributed by atoms with E-state index in [4.69, 9.17) is 0 Å². The molecule has 2 aliphatic carbocycles. The average molecular weight is 162 g/mol. The van der Waals surface area contributed by atoms with E-state index < -0.39 is 0 Å². The first-order valence-corrected chi connectivity index (χ1v) is 5.28. The Hall–Kier alpha value is -0.520. The van der Waals surface area contributed by atoms with Gasteiger partial charge in [0.05, 0.1) is 0 Å². The lowest BCUT2D eigenvalue weighted by atomic mass is 9.93. The Bertz CT molecular complexity index is 202. The van der Waals surface area contributed by atoms with E-state index in [9.17, 15) is 0 Å². The van der Waals surface area contributed by atoms with Crippen LogP contribution in [0.2, 0.25) is 0 Å². The van der Waals surface area contributed by atoms with Gasteiger partial charge in [-0.3, -0.25) is 0 Å². The number of hydrogen-bond donors (Lipinski definition) is 0. The SMILES string of the molecule is CCC1CCC2CCC=CC=C12. The molecule has 0 N–H and O–H groups in total. The van der Waals surface area contributed by atoms with E-state index in [2.05, 4.69) is 25.2 Å². The van der Waals surface area contributed by atoms with Crippen molar-refractivity contribution in [2.24, 2.45) is 11.8 Å². The first-order valence-electron chi connectivity index (χ1n) is 5.28. The van der Waals surface area contributed by atoms with Crippen molar-refractivity contribution in [1.29, 1.82) is 0 Å². The van der Waals surface area contributed by atoms with Gasteiger partial charge in [-0.25, -0.2) is 0 Å². The van der Waals surface area contributed by atoms with Crippen LogP contribution in [-0.2, 0) is 0 Å². The summed E-state index contributed by atoms with van der Waals surface area (Å²) in [4.78, 5) is 0. The minimum atomic E-state index is 0.915. The van der Waals surface area contributed by atoms with Crippen LogP contribution in [0.25, 0.3) is 0 Å². The van der Waals surface area contributed by atoms with E-state index in [0.717, 1.165) is 11.8 Å². The molecule has 0 spiro atoms. The van der Waals surface area contributed by atoms with E-state index in [-0.39, 0.29) is 0 Å². The molecule has 2 atom stereocenters. The van der Waals surface area contributed by atoms with Crippen molar-refractivity contribution < 1.29 is 0 Å². The highest BCUT2D eigenvalue weighted by atomic mass is 14.3. The molecule has 0 heteroatoms. The largest absolute Gasteiger partial charge is 0.0845 e. The maximum absolute atomic E-state index is 2.39. The molecule has 2 rings (SSSR count). The van der Waals surface area contributed by atoms with Gasteiger partial charge in [-0.1, -0.05) is 30.7 Å². The molecule has 0 bridgehead atoms. The fourth-order valence-electron chi connectivity index (χ4n) is 2.66. The molecule has 12 heavy (non-hydrogen) atoms. The highest BCUT2D eigenvalue weighted by Crippen LogP contribution is 2.41. The van der Waals surface area contributed by atoms with Crippen molar-refractivity contribution in [3.8, 4) is 0 Å². The molecule has 66 valence electrons. The first kappa shape index (κ1) is 8.10. The van der Waals surface area contributed by atoms with E-state index in [1.165, 1.54) is 32.1 Å². The summed E-state index contributed by atoms with van der Waals surface area (Å²) < 4.78 is 0. The van der Waals surface area contributed by atoms with Gasteiger partial charge in [-0.2, -0.15) is 0 Å². The molecule has 0 aromatic carbocycles.